The van der Waals surface area contributed by atoms with Crippen molar-refractivity contribution in [1.29, 1.82) is 10.5 Å². The molecule has 0 aliphatic carbocycles. The first-order valence-electron chi connectivity index (χ1n) is 3.61. The SMILES string of the molecule is C=C(C#N)/C(F)=C\C=C(/C)CC#N. The predicted octanol–water partition coefficient (Wildman–Crippen LogP) is 2.78. The fourth-order valence-electron chi connectivity index (χ4n) is 0.553. The van der Waals surface area contributed by atoms with Gasteiger partial charge in [0.2, 0.25) is 0 Å². The molecule has 0 bridgehead atoms. The molecule has 0 unspecified atom stereocenters. The van der Waals surface area contributed by atoms with Gasteiger partial charge in [0.1, 0.15) is 11.9 Å². The molecule has 0 fully saturated rings. The fraction of sp³-hybridized carbons (Fsp3) is 0.200. The molecule has 0 aromatic heterocycles. The van der Waals surface area contributed by atoms with Gasteiger partial charge in [0, 0.05) is 0 Å². The summed E-state index contributed by atoms with van der Waals surface area (Å²) >= 11 is 0. The second-order valence-corrected chi connectivity index (χ2v) is 2.45. The second kappa shape index (κ2) is 5.74. The van der Waals surface area contributed by atoms with Gasteiger partial charge in [0.05, 0.1) is 18.1 Å². The number of nitrogens with zero attached hydrogens (tertiary/aromatic N) is 2. The van der Waals surface area contributed by atoms with Crippen molar-refractivity contribution in [2.24, 2.45) is 0 Å². The van der Waals surface area contributed by atoms with E-state index in [9.17, 15) is 4.39 Å². The molecule has 0 aliphatic rings. The molecule has 0 amide bonds. The van der Waals surface area contributed by atoms with Crippen LogP contribution in [-0.4, -0.2) is 0 Å². The highest BCUT2D eigenvalue weighted by atomic mass is 19.1. The molecule has 0 aliphatic heterocycles. The van der Waals surface area contributed by atoms with Crippen molar-refractivity contribution >= 4 is 0 Å². The second-order valence-electron chi connectivity index (χ2n) is 2.45. The number of halogens is 1. The molecule has 13 heavy (non-hydrogen) atoms. The summed E-state index contributed by atoms with van der Waals surface area (Å²) in [5, 5.41) is 16.6. The molecule has 0 heterocycles. The van der Waals surface area contributed by atoms with Gasteiger partial charge in [-0.2, -0.15) is 10.5 Å². The Hall–Kier alpha value is -1.87. The topological polar surface area (TPSA) is 47.6 Å². The summed E-state index contributed by atoms with van der Waals surface area (Å²) in [4.78, 5) is 0. The Labute approximate surface area is 76.9 Å². The Morgan fingerprint density at radius 2 is 2.08 bits per heavy atom. The van der Waals surface area contributed by atoms with Crippen molar-refractivity contribution in [2.45, 2.75) is 13.3 Å². The summed E-state index contributed by atoms with van der Waals surface area (Å²) in [6.45, 7) is 4.91. The van der Waals surface area contributed by atoms with E-state index in [2.05, 4.69) is 6.58 Å². The van der Waals surface area contributed by atoms with Crippen molar-refractivity contribution in [2.75, 3.05) is 0 Å². The number of hydrogen-bond donors (Lipinski definition) is 0. The summed E-state index contributed by atoms with van der Waals surface area (Å²) in [6, 6.07) is 3.52. The van der Waals surface area contributed by atoms with E-state index in [1.165, 1.54) is 6.08 Å². The van der Waals surface area contributed by atoms with E-state index >= 15 is 0 Å². The average molecular weight is 176 g/mol. The standard InChI is InChI=1S/C10H9FN2/c1-8(5-6-12)3-4-10(11)9(2)7-13/h3-4H,2,5H2,1H3/b8-3+,10-4+. The molecule has 0 rings (SSSR count). The van der Waals surface area contributed by atoms with Gasteiger partial charge in [-0.1, -0.05) is 18.2 Å². The van der Waals surface area contributed by atoms with Crippen LogP contribution >= 0.6 is 0 Å². The third kappa shape index (κ3) is 4.55. The molecule has 0 spiro atoms. The van der Waals surface area contributed by atoms with Crippen molar-refractivity contribution < 1.29 is 4.39 Å². The van der Waals surface area contributed by atoms with Gasteiger partial charge in [-0.25, -0.2) is 4.39 Å². The third-order valence-corrected chi connectivity index (χ3v) is 1.30. The van der Waals surface area contributed by atoms with E-state index in [0.29, 0.717) is 0 Å². The van der Waals surface area contributed by atoms with Crippen LogP contribution in [0.3, 0.4) is 0 Å². The zero-order valence-corrected chi connectivity index (χ0v) is 7.34. The van der Waals surface area contributed by atoms with Crippen LogP contribution in [0.25, 0.3) is 0 Å². The first kappa shape index (κ1) is 11.1. The van der Waals surface area contributed by atoms with Crippen LogP contribution in [0, 0.1) is 22.7 Å². The Morgan fingerprint density at radius 1 is 1.46 bits per heavy atom. The van der Waals surface area contributed by atoms with Gasteiger partial charge in [-0.3, -0.25) is 0 Å². The molecule has 66 valence electrons. The third-order valence-electron chi connectivity index (χ3n) is 1.30. The zero-order chi connectivity index (χ0) is 10.3. The molecule has 0 radical (unpaired) electrons. The molecule has 0 atom stereocenters. The summed E-state index contributed by atoms with van der Waals surface area (Å²) in [6.07, 6.45) is 2.85. The van der Waals surface area contributed by atoms with Crippen LogP contribution in [0.15, 0.2) is 35.7 Å². The minimum Gasteiger partial charge on any atom is -0.206 e. The largest absolute Gasteiger partial charge is 0.206 e. The predicted molar refractivity (Wildman–Crippen MR) is 47.9 cm³/mol. The highest BCUT2D eigenvalue weighted by molar-refractivity contribution is 5.37. The van der Waals surface area contributed by atoms with Crippen LogP contribution in [0.2, 0.25) is 0 Å². The Kier molecular flexibility index (Phi) is 4.91. The van der Waals surface area contributed by atoms with E-state index in [1.807, 2.05) is 6.07 Å². The Balaban J connectivity index is 4.45. The van der Waals surface area contributed by atoms with Crippen molar-refractivity contribution in [1.82, 2.24) is 0 Å². The number of hydrogen-bond acceptors (Lipinski definition) is 2. The summed E-state index contributed by atoms with van der Waals surface area (Å²) in [5.41, 5.74) is 0.532. The Bertz CT molecular complexity index is 337. The minimum absolute atomic E-state index is 0.207. The molecular weight excluding hydrogens is 167 g/mol. The maximum Gasteiger partial charge on any atom is 0.140 e. The van der Waals surface area contributed by atoms with Gasteiger partial charge in [0.15, 0.2) is 0 Å². The normalized spacial score (nSPS) is 11.7. The molecule has 3 heteroatoms. The highest BCUT2D eigenvalue weighted by Gasteiger charge is 1.96. The van der Waals surface area contributed by atoms with Crippen LogP contribution in [0.4, 0.5) is 4.39 Å². The van der Waals surface area contributed by atoms with Crippen molar-refractivity contribution in [3.05, 3.63) is 35.7 Å². The minimum atomic E-state index is -0.667. The molecule has 0 aromatic carbocycles. The summed E-state index contributed by atoms with van der Waals surface area (Å²) in [7, 11) is 0. The van der Waals surface area contributed by atoms with E-state index in [4.69, 9.17) is 10.5 Å². The zero-order valence-electron chi connectivity index (χ0n) is 7.34. The van der Waals surface area contributed by atoms with E-state index in [1.54, 1.807) is 13.0 Å². The van der Waals surface area contributed by atoms with Crippen molar-refractivity contribution in [3.63, 3.8) is 0 Å². The maximum absolute atomic E-state index is 12.8. The lowest BCUT2D eigenvalue weighted by molar-refractivity contribution is 0.659. The van der Waals surface area contributed by atoms with Gasteiger partial charge in [0.25, 0.3) is 0 Å². The summed E-state index contributed by atoms with van der Waals surface area (Å²) in [5.74, 6) is -0.667. The number of nitriles is 2. The lowest BCUT2D eigenvalue weighted by Crippen LogP contribution is -1.76. The molecule has 0 saturated carbocycles. The quantitative estimate of drug-likeness (QED) is 0.490. The molecule has 2 nitrogen and oxygen atoms in total. The average Bonchev–Trinajstić information content (AvgIpc) is 2.13. The smallest absolute Gasteiger partial charge is 0.140 e. The lowest BCUT2D eigenvalue weighted by Gasteiger charge is -1.90. The molecule has 0 saturated heterocycles. The highest BCUT2D eigenvalue weighted by Crippen LogP contribution is 2.09. The first-order valence-corrected chi connectivity index (χ1v) is 3.61. The van der Waals surface area contributed by atoms with Crippen molar-refractivity contribution in [3.8, 4) is 12.1 Å². The molecular formula is C10H9FN2. The van der Waals surface area contributed by atoms with E-state index < -0.39 is 5.83 Å². The van der Waals surface area contributed by atoms with Crippen LogP contribution in [0.5, 0.6) is 0 Å². The number of allylic oxidation sites excluding steroid dienone is 5. The van der Waals surface area contributed by atoms with Gasteiger partial charge >= 0.3 is 0 Å². The molecule has 0 N–H and O–H groups in total. The van der Waals surface area contributed by atoms with Gasteiger partial charge in [-0.05, 0) is 13.0 Å². The van der Waals surface area contributed by atoms with Crippen LogP contribution in [0.1, 0.15) is 13.3 Å². The monoisotopic (exact) mass is 176 g/mol. The van der Waals surface area contributed by atoms with Gasteiger partial charge in [-0.15, -0.1) is 0 Å². The van der Waals surface area contributed by atoms with Crippen LogP contribution < -0.4 is 0 Å². The fourth-order valence-corrected chi connectivity index (χ4v) is 0.553. The first-order chi connectivity index (χ1) is 6.11. The maximum atomic E-state index is 12.8. The van der Waals surface area contributed by atoms with Gasteiger partial charge < -0.3 is 0 Å². The van der Waals surface area contributed by atoms with E-state index in [-0.39, 0.29) is 12.0 Å². The van der Waals surface area contributed by atoms with E-state index in [0.717, 1.165) is 11.6 Å². The molecule has 0 aromatic rings. The Morgan fingerprint density at radius 3 is 2.54 bits per heavy atom. The van der Waals surface area contributed by atoms with Crippen LogP contribution in [-0.2, 0) is 0 Å². The lowest BCUT2D eigenvalue weighted by atomic mass is 10.2. The number of rotatable bonds is 3. The summed E-state index contributed by atoms with van der Waals surface area (Å²) < 4.78 is 12.8.